The Morgan fingerprint density at radius 2 is 0.769 bits per heavy atom. The Morgan fingerprint density at radius 1 is 0.500 bits per heavy atom. The van der Waals surface area contributed by atoms with Crippen LogP contribution in [0.5, 0.6) is 0 Å². The van der Waals surface area contributed by atoms with Gasteiger partial charge in [-0.1, -0.05) is 103 Å². The topological polar surface area (TPSA) is 60.2 Å². The van der Waals surface area contributed by atoms with Crippen LogP contribution in [-0.4, -0.2) is 17.8 Å². The van der Waals surface area contributed by atoms with Gasteiger partial charge in [0.05, 0.1) is 0 Å². The van der Waals surface area contributed by atoms with Crippen molar-refractivity contribution in [2.24, 2.45) is 0 Å². The largest absolute Gasteiger partial charge is 0.291 e. The van der Waals surface area contributed by atoms with Gasteiger partial charge in [0.2, 0.25) is 6.54 Å². The molecule has 0 heterocycles. The van der Waals surface area contributed by atoms with Crippen LogP contribution >= 0.6 is 0 Å². The summed E-state index contributed by atoms with van der Waals surface area (Å²) in [5.41, 5.74) is 0. The highest BCUT2D eigenvalue weighted by molar-refractivity contribution is 5.50. The monoisotopic (exact) mass is 368 g/mol. The van der Waals surface area contributed by atoms with E-state index in [4.69, 9.17) is 0 Å². The Labute approximate surface area is 161 Å². The van der Waals surface area contributed by atoms with Crippen LogP contribution in [0.3, 0.4) is 0 Å². The summed E-state index contributed by atoms with van der Waals surface area (Å²) in [7, 11) is 0. The first kappa shape index (κ1) is 25.1. The molecule has 0 rings (SSSR count). The first-order chi connectivity index (χ1) is 12.8. The van der Waals surface area contributed by atoms with Crippen molar-refractivity contribution in [2.45, 2.75) is 128 Å². The van der Waals surface area contributed by atoms with Crippen molar-refractivity contribution in [1.82, 2.24) is 0 Å². The average Bonchev–Trinajstić information content (AvgIpc) is 2.62. The fourth-order valence-corrected chi connectivity index (χ4v) is 3.44. The van der Waals surface area contributed by atoms with Gasteiger partial charge in [0.1, 0.15) is 0 Å². The Bertz CT molecular complexity index is 308. The molecule has 0 saturated carbocycles. The summed E-state index contributed by atoms with van der Waals surface area (Å²) in [6.45, 7) is 0.140. The predicted octanol–water partition coefficient (Wildman–Crippen LogP) is 7.17. The zero-order valence-electron chi connectivity index (χ0n) is 17.0. The van der Waals surface area contributed by atoms with E-state index in [0.29, 0.717) is 6.42 Å². The number of rotatable bonds is 22. The normalized spacial score (nSPS) is 10.9. The van der Waals surface area contributed by atoms with E-state index >= 15 is 0 Å². The van der Waals surface area contributed by atoms with Crippen molar-refractivity contribution in [2.75, 3.05) is 6.54 Å². The van der Waals surface area contributed by atoms with Gasteiger partial charge in [-0.05, 0) is 12.8 Å². The maximum atomic E-state index is 10.2. The Morgan fingerprint density at radius 3 is 1.04 bits per heavy atom. The summed E-state index contributed by atoms with van der Waals surface area (Å²) < 4.78 is 0. The van der Waals surface area contributed by atoms with Crippen LogP contribution in [-0.2, 0) is 4.79 Å². The van der Waals surface area contributed by atoms with Crippen molar-refractivity contribution in [3.8, 4) is 0 Å². The van der Waals surface area contributed by atoms with Gasteiger partial charge in [-0.25, -0.2) is 0 Å². The third-order valence-corrected chi connectivity index (χ3v) is 5.12. The molecule has 0 aliphatic heterocycles. The molecule has 0 aliphatic carbocycles. The van der Waals surface area contributed by atoms with Gasteiger partial charge in [-0.15, -0.1) is 0 Å². The number of hydrogen-bond donors (Lipinski definition) is 0. The molecular weight excluding hydrogens is 326 g/mol. The molecule has 4 heteroatoms. The minimum atomic E-state index is -0.209. The highest BCUT2D eigenvalue weighted by atomic mass is 16.6. The molecule has 0 N–H and O–H groups in total. The zero-order chi connectivity index (χ0) is 19.1. The molecule has 0 aromatic carbocycles. The average molecular weight is 369 g/mol. The molecule has 0 fully saturated rings. The van der Waals surface area contributed by atoms with Crippen LogP contribution in [0.4, 0.5) is 0 Å². The van der Waals surface area contributed by atoms with Gasteiger partial charge in [0, 0.05) is 17.8 Å². The number of nitro groups is 1. The van der Waals surface area contributed by atoms with Crippen LogP contribution in [0.1, 0.15) is 128 Å². The van der Waals surface area contributed by atoms with Gasteiger partial charge >= 0.3 is 0 Å². The molecule has 26 heavy (non-hydrogen) atoms. The molecule has 0 unspecified atom stereocenters. The molecule has 0 bridgehead atoms. The predicted molar refractivity (Wildman–Crippen MR) is 110 cm³/mol. The van der Waals surface area contributed by atoms with Gasteiger partial charge in [0.15, 0.2) is 6.29 Å². The van der Waals surface area contributed by atoms with Crippen LogP contribution in [0.15, 0.2) is 0 Å². The first-order valence-electron chi connectivity index (χ1n) is 11.2. The highest BCUT2D eigenvalue weighted by Gasteiger charge is 1.97. The Balaban J connectivity index is 2.99. The fraction of sp³-hybridized carbons (Fsp3) is 0.955. The molecule has 0 aromatic rings. The lowest BCUT2D eigenvalue weighted by atomic mass is 10.0. The van der Waals surface area contributed by atoms with E-state index in [2.05, 4.69) is 0 Å². The van der Waals surface area contributed by atoms with Crippen LogP contribution < -0.4 is 0 Å². The molecule has 1 radical (unpaired) electrons. The van der Waals surface area contributed by atoms with Crippen LogP contribution in [0, 0.1) is 10.1 Å². The maximum Gasteiger partial charge on any atom is 0.203 e. The second-order valence-electron chi connectivity index (χ2n) is 7.67. The van der Waals surface area contributed by atoms with E-state index in [9.17, 15) is 14.9 Å². The summed E-state index contributed by atoms with van der Waals surface area (Å²) in [4.78, 5) is 20.1. The van der Waals surface area contributed by atoms with Crippen molar-refractivity contribution < 1.29 is 9.72 Å². The summed E-state index contributed by atoms with van der Waals surface area (Å²) in [6.07, 6.45) is 26.6. The molecule has 0 atom stereocenters. The second kappa shape index (κ2) is 22.1. The summed E-state index contributed by atoms with van der Waals surface area (Å²) >= 11 is 0. The molecule has 153 valence electrons. The van der Waals surface area contributed by atoms with E-state index < -0.39 is 0 Å². The smallest absolute Gasteiger partial charge is 0.203 e. The van der Waals surface area contributed by atoms with Gasteiger partial charge in [-0.3, -0.25) is 14.9 Å². The lowest BCUT2D eigenvalue weighted by Gasteiger charge is -2.03. The van der Waals surface area contributed by atoms with E-state index in [-0.39, 0.29) is 11.5 Å². The molecule has 0 spiro atoms. The van der Waals surface area contributed by atoms with Crippen LogP contribution in [0.25, 0.3) is 0 Å². The molecule has 0 saturated heterocycles. The van der Waals surface area contributed by atoms with Gasteiger partial charge in [0.25, 0.3) is 0 Å². The van der Waals surface area contributed by atoms with Crippen molar-refractivity contribution in [3.05, 3.63) is 10.1 Å². The lowest BCUT2D eigenvalue weighted by Crippen LogP contribution is -1.99. The highest BCUT2D eigenvalue weighted by Crippen LogP contribution is 2.14. The zero-order valence-corrected chi connectivity index (χ0v) is 17.0. The number of unbranched alkanes of at least 4 members (excludes halogenated alkanes) is 19. The summed E-state index contributed by atoms with van der Waals surface area (Å²) in [6, 6.07) is 0. The Hall–Kier alpha value is -0.930. The van der Waals surface area contributed by atoms with E-state index in [1.54, 1.807) is 0 Å². The third-order valence-electron chi connectivity index (χ3n) is 5.12. The van der Waals surface area contributed by atoms with E-state index in [0.717, 1.165) is 25.7 Å². The van der Waals surface area contributed by atoms with Crippen molar-refractivity contribution >= 4 is 6.29 Å². The van der Waals surface area contributed by atoms with E-state index in [1.807, 2.05) is 6.29 Å². The minimum absolute atomic E-state index is 0.140. The van der Waals surface area contributed by atoms with Gasteiger partial charge < -0.3 is 0 Å². The number of carbonyl (C=O) groups excluding carboxylic acids is 1. The van der Waals surface area contributed by atoms with Gasteiger partial charge in [-0.2, -0.15) is 0 Å². The third kappa shape index (κ3) is 23.1. The summed E-state index contributed by atoms with van der Waals surface area (Å²) in [5.74, 6) is 0. The van der Waals surface area contributed by atoms with Crippen molar-refractivity contribution in [3.63, 3.8) is 0 Å². The maximum absolute atomic E-state index is 10.2. The standard InChI is InChI=1S/C22H42NO3/c24-22-20-18-16-14-12-10-8-6-4-2-1-3-5-7-9-11-13-15-17-19-21-23(25)26/h1-21H2. The quantitative estimate of drug-likeness (QED) is 0.115. The molecule has 0 amide bonds. The first-order valence-corrected chi connectivity index (χ1v) is 11.2. The second-order valence-corrected chi connectivity index (χ2v) is 7.67. The van der Waals surface area contributed by atoms with Crippen molar-refractivity contribution in [1.29, 1.82) is 0 Å². The van der Waals surface area contributed by atoms with Crippen LogP contribution in [0.2, 0.25) is 0 Å². The Kier molecular flexibility index (Phi) is 21.3. The lowest BCUT2D eigenvalue weighted by molar-refractivity contribution is -0.480. The minimum Gasteiger partial charge on any atom is -0.291 e. The number of hydrogen-bond acceptors (Lipinski definition) is 3. The van der Waals surface area contributed by atoms with E-state index in [1.165, 1.54) is 96.3 Å². The molecule has 4 nitrogen and oxygen atoms in total. The fourth-order valence-electron chi connectivity index (χ4n) is 3.44. The SMILES string of the molecule is O=[C]CCCCCCCCCCCCCCCCCCCCC[N+](=O)[O-]. The summed E-state index contributed by atoms with van der Waals surface area (Å²) in [5, 5.41) is 10.2. The molecule has 0 aliphatic rings. The molecule has 0 aromatic heterocycles. The number of nitrogens with zero attached hydrogens (tertiary/aromatic N) is 1. The molecular formula is C22H42NO3.